The van der Waals surface area contributed by atoms with E-state index in [0.29, 0.717) is 5.56 Å². The molecule has 0 bridgehead atoms. The van der Waals surface area contributed by atoms with Gasteiger partial charge in [0, 0.05) is 32.9 Å². The molecule has 2 amide bonds. The average molecular weight is 429 g/mol. The zero-order chi connectivity index (χ0) is 22.0. The van der Waals surface area contributed by atoms with Gasteiger partial charge in [-0.05, 0) is 49.1 Å². The van der Waals surface area contributed by atoms with E-state index in [-0.39, 0.29) is 6.54 Å². The van der Waals surface area contributed by atoms with Gasteiger partial charge in [0.2, 0.25) is 0 Å². The van der Waals surface area contributed by atoms with Crippen LogP contribution in [0.3, 0.4) is 0 Å². The Hall–Kier alpha value is -3.11. The topological polar surface area (TPSA) is 79.4 Å². The molecule has 2 heterocycles. The van der Waals surface area contributed by atoms with Crippen LogP contribution >= 0.6 is 0 Å². The number of nitrogens with one attached hydrogen (secondary N) is 2. The van der Waals surface area contributed by atoms with Crippen molar-refractivity contribution in [3.8, 4) is 5.75 Å². The number of nitrogens with zero attached hydrogens (tertiary/aromatic N) is 3. The molecule has 1 aliphatic heterocycles. The number of benzene rings is 1. The summed E-state index contributed by atoms with van der Waals surface area (Å²) in [5.74, 6) is -1.04. The fraction of sp³-hybridized carbons (Fsp3) is 0.421. The van der Waals surface area contributed by atoms with E-state index in [1.807, 2.05) is 12.1 Å². The van der Waals surface area contributed by atoms with Crippen molar-refractivity contribution < 1.29 is 27.1 Å². The first-order valence-corrected chi connectivity index (χ1v) is 9.31. The predicted octanol–water partition coefficient (Wildman–Crippen LogP) is 3.62. The molecule has 164 valence electrons. The number of hydrogen-bond acceptors (Lipinski definition) is 5. The largest absolute Gasteiger partial charge is 0.573 e. The lowest BCUT2D eigenvalue weighted by atomic mass is 10.1. The molecule has 0 unspecified atom stereocenters. The third-order valence-corrected chi connectivity index (χ3v) is 4.14. The minimum absolute atomic E-state index is 0.0110. The van der Waals surface area contributed by atoms with Gasteiger partial charge in [0.15, 0.2) is 17.4 Å². The van der Waals surface area contributed by atoms with Gasteiger partial charge in [0.1, 0.15) is 0 Å². The average Bonchev–Trinajstić information content (AvgIpc) is 2.74. The molecular weight excluding hydrogens is 406 g/mol. The number of hydrogen-bond donors (Lipinski definition) is 2. The van der Waals surface area contributed by atoms with Crippen LogP contribution in [-0.4, -0.2) is 42.7 Å². The molecule has 3 rings (SSSR count). The third kappa shape index (κ3) is 8.10. The van der Waals surface area contributed by atoms with Crippen molar-refractivity contribution in [2.75, 3.05) is 25.0 Å². The van der Waals surface area contributed by atoms with E-state index in [4.69, 9.17) is 0 Å². The number of aromatic nitrogens is 2. The number of amides is 2. The Balaban J connectivity index is 0.000000230. The maximum absolute atomic E-state index is 13.2. The highest BCUT2D eigenvalue weighted by Gasteiger charge is 2.32. The molecule has 0 aliphatic carbocycles. The number of alkyl halides is 3. The summed E-state index contributed by atoms with van der Waals surface area (Å²) in [4.78, 5) is 13.1. The van der Waals surface area contributed by atoms with Gasteiger partial charge >= 0.3 is 12.4 Å². The monoisotopic (exact) mass is 429 g/mol. The summed E-state index contributed by atoms with van der Waals surface area (Å²) in [6.07, 6.45) is 0.708. The summed E-state index contributed by atoms with van der Waals surface area (Å²) in [6, 6.07) is 6.42. The number of halogens is 4. The molecule has 1 aromatic carbocycles. The van der Waals surface area contributed by atoms with Crippen molar-refractivity contribution in [1.29, 1.82) is 0 Å². The van der Waals surface area contributed by atoms with Crippen LogP contribution in [0.15, 0.2) is 36.5 Å². The van der Waals surface area contributed by atoms with Crippen LogP contribution in [0.25, 0.3) is 0 Å². The third-order valence-electron chi connectivity index (χ3n) is 4.14. The van der Waals surface area contributed by atoms with Crippen LogP contribution in [0.5, 0.6) is 5.75 Å². The summed E-state index contributed by atoms with van der Waals surface area (Å²) in [5.41, 5.74) is 0.311. The Labute approximate surface area is 171 Å². The standard InChI is InChI=1S/C10H10F4N2O2.C9H13N3/c1-15-9(17)16-5-6-2-3-8(7(11)4-6)18-10(12,13)14;1-2-7-12(8-3-1)9-5-4-6-10-11-9/h2-4H,5H2,1H3,(H2,15,16,17);4-6H,1-3,7-8H2. The lowest BCUT2D eigenvalue weighted by Crippen LogP contribution is -2.32. The lowest BCUT2D eigenvalue weighted by molar-refractivity contribution is -0.275. The van der Waals surface area contributed by atoms with Gasteiger partial charge in [-0.1, -0.05) is 6.07 Å². The van der Waals surface area contributed by atoms with Crippen LogP contribution in [-0.2, 0) is 6.54 Å². The second-order valence-electron chi connectivity index (χ2n) is 6.37. The van der Waals surface area contributed by atoms with Crippen LogP contribution in [0.1, 0.15) is 24.8 Å². The normalized spacial score (nSPS) is 13.7. The molecule has 7 nitrogen and oxygen atoms in total. The highest BCUT2D eigenvalue weighted by Crippen LogP contribution is 2.26. The highest BCUT2D eigenvalue weighted by molar-refractivity contribution is 5.73. The summed E-state index contributed by atoms with van der Waals surface area (Å²) in [5, 5.41) is 12.6. The van der Waals surface area contributed by atoms with Gasteiger partial charge < -0.3 is 20.3 Å². The lowest BCUT2D eigenvalue weighted by Gasteiger charge is -2.26. The first-order chi connectivity index (χ1) is 14.3. The number of piperidine rings is 1. The van der Waals surface area contributed by atoms with Crippen molar-refractivity contribution in [2.45, 2.75) is 32.2 Å². The highest BCUT2D eigenvalue weighted by atomic mass is 19.4. The summed E-state index contributed by atoms with van der Waals surface area (Å²) >= 11 is 0. The van der Waals surface area contributed by atoms with Gasteiger partial charge in [-0.2, -0.15) is 5.10 Å². The van der Waals surface area contributed by atoms with Crippen molar-refractivity contribution in [2.24, 2.45) is 0 Å². The molecule has 11 heteroatoms. The molecule has 0 saturated carbocycles. The van der Waals surface area contributed by atoms with Crippen molar-refractivity contribution in [1.82, 2.24) is 20.8 Å². The number of anilines is 1. The smallest absolute Gasteiger partial charge is 0.403 e. The molecule has 1 aromatic heterocycles. The zero-order valence-electron chi connectivity index (χ0n) is 16.4. The van der Waals surface area contributed by atoms with Crippen LogP contribution in [0, 0.1) is 5.82 Å². The van der Waals surface area contributed by atoms with E-state index in [9.17, 15) is 22.4 Å². The molecule has 2 aromatic rings. The Bertz CT molecular complexity index is 799. The van der Waals surface area contributed by atoms with Crippen LogP contribution < -0.4 is 20.3 Å². The van der Waals surface area contributed by atoms with Crippen LogP contribution in [0.2, 0.25) is 0 Å². The van der Waals surface area contributed by atoms with E-state index in [2.05, 4.69) is 30.5 Å². The molecule has 1 aliphatic rings. The Morgan fingerprint density at radius 3 is 2.50 bits per heavy atom. The van der Waals surface area contributed by atoms with Crippen LogP contribution in [0.4, 0.5) is 28.2 Å². The van der Waals surface area contributed by atoms with Gasteiger partial charge in [-0.25, -0.2) is 9.18 Å². The molecule has 0 atom stereocenters. The van der Waals surface area contributed by atoms with E-state index in [0.717, 1.165) is 31.0 Å². The van der Waals surface area contributed by atoms with Gasteiger partial charge in [0.05, 0.1) is 0 Å². The molecule has 0 spiro atoms. The Morgan fingerprint density at radius 2 is 1.93 bits per heavy atom. The first-order valence-electron chi connectivity index (χ1n) is 9.31. The van der Waals surface area contributed by atoms with Gasteiger partial charge in [-0.15, -0.1) is 18.3 Å². The molecule has 1 fully saturated rings. The van der Waals surface area contributed by atoms with E-state index in [1.54, 1.807) is 6.20 Å². The number of rotatable bonds is 4. The van der Waals surface area contributed by atoms with E-state index < -0.39 is 24.0 Å². The minimum Gasteiger partial charge on any atom is -0.403 e. The molecule has 1 saturated heterocycles. The SMILES string of the molecule is CNC(=O)NCc1ccc(OC(F)(F)F)c(F)c1.c1cnnc(N2CCCCC2)c1. The minimum atomic E-state index is -4.94. The molecular formula is C19H23F4N5O2. The maximum atomic E-state index is 13.2. The zero-order valence-corrected chi connectivity index (χ0v) is 16.4. The molecule has 2 N–H and O–H groups in total. The second-order valence-corrected chi connectivity index (χ2v) is 6.37. The quantitative estimate of drug-likeness (QED) is 0.726. The number of ether oxygens (including phenoxy) is 1. The summed E-state index contributed by atoms with van der Waals surface area (Å²) in [7, 11) is 1.40. The molecule has 0 radical (unpaired) electrons. The fourth-order valence-corrected chi connectivity index (χ4v) is 2.72. The van der Waals surface area contributed by atoms with Crippen molar-refractivity contribution >= 4 is 11.8 Å². The van der Waals surface area contributed by atoms with Gasteiger partial charge in [-0.3, -0.25) is 0 Å². The molecule has 30 heavy (non-hydrogen) atoms. The summed E-state index contributed by atoms with van der Waals surface area (Å²) in [6.45, 7) is 2.26. The number of carbonyl (C=O) groups is 1. The van der Waals surface area contributed by atoms with Crippen molar-refractivity contribution in [3.05, 3.63) is 47.9 Å². The van der Waals surface area contributed by atoms with Gasteiger partial charge in [0.25, 0.3) is 0 Å². The predicted molar refractivity (Wildman–Crippen MR) is 102 cm³/mol. The number of carbonyl (C=O) groups excluding carboxylic acids is 1. The fourth-order valence-electron chi connectivity index (χ4n) is 2.72. The Morgan fingerprint density at radius 1 is 1.20 bits per heavy atom. The maximum Gasteiger partial charge on any atom is 0.573 e. The van der Waals surface area contributed by atoms with E-state index >= 15 is 0 Å². The van der Waals surface area contributed by atoms with E-state index in [1.165, 1.54) is 32.4 Å². The first kappa shape index (κ1) is 23.2. The Kier molecular flexibility index (Phi) is 8.63. The second kappa shape index (κ2) is 11.2. The van der Waals surface area contributed by atoms with Crippen molar-refractivity contribution in [3.63, 3.8) is 0 Å². The number of urea groups is 1. The summed E-state index contributed by atoms with van der Waals surface area (Å²) < 4.78 is 52.3.